The molecule has 0 saturated heterocycles. The number of rotatable bonds is 2. The number of nitrogens with one attached hydrogen (secondary N) is 1. The maximum absolute atomic E-state index is 4.36. The Hall–Kier alpha value is -1.77. The van der Waals surface area contributed by atoms with Crippen LogP contribution >= 0.6 is 0 Å². The van der Waals surface area contributed by atoms with Gasteiger partial charge in [0.05, 0.1) is 5.69 Å². The van der Waals surface area contributed by atoms with E-state index in [1.54, 1.807) is 0 Å². The van der Waals surface area contributed by atoms with E-state index >= 15 is 0 Å². The van der Waals surface area contributed by atoms with E-state index in [1.165, 1.54) is 5.70 Å². The molecule has 0 fully saturated rings. The maximum Gasteiger partial charge on any atom is 0.129 e. The molecule has 1 aromatic rings. The SMILES string of the molecule is CC1=CC(C)=NCN1Nc1ccccc1. The van der Waals surface area contributed by atoms with Crippen molar-refractivity contribution in [2.45, 2.75) is 13.8 Å². The van der Waals surface area contributed by atoms with Gasteiger partial charge in [-0.3, -0.25) is 15.4 Å². The molecule has 0 aromatic heterocycles. The van der Waals surface area contributed by atoms with E-state index in [1.807, 2.05) is 42.3 Å². The van der Waals surface area contributed by atoms with Crippen molar-refractivity contribution in [2.75, 3.05) is 12.1 Å². The number of hydrazine groups is 1. The number of hydrogen-bond donors (Lipinski definition) is 1. The van der Waals surface area contributed by atoms with Crippen LogP contribution in [0.3, 0.4) is 0 Å². The van der Waals surface area contributed by atoms with Gasteiger partial charge in [0.1, 0.15) is 6.67 Å². The van der Waals surface area contributed by atoms with E-state index in [4.69, 9.17) is 0 Å². The van der Waals surface area contributed by atoms with E-state index < -0.39 is 0 Å². The molecule has 1 heterocycles. The molecule has 0 atom stereocenters. The fraction of sp³-hybridized carbons (Fsp3) is 0.250. The second-order valence-corrected chi connectivity index (χ2v) is 3.63. The minimum Gasteiger partial charge on any atom is -0.297 e. The summed E-state index contributed by atoms with van der Waals surface area (Å²) in [6.07, 6.45) is 2.07. The van der Waals surface area contributed by atoms with E-state index in [-0.39, 0.29) is 0 Å². The zero-order valence-corrected chi connectivity index (χ0v) is 9.07. The number of anilines is 1. The van der Waals surface area contributed by atoms with Crippen LogP contribution in [0.4, 0.5) is 5.69 Å². The summed E-state index contributed by atoms with van der Waals surface area (Å²) < 4.78 is 0. The highest BCUT2D eigenvalue weighted by atomic mass is 15.5. The van der Waals surface area contributed by atoms with Gasteiger partial charge in [-0.25, -0.2) is 0 Å². The number of nitrogens with zero attached hydrogens (tertiary/aromatic N) is 2. The molecule has 2 rings (SSSR count). The third kappa shape index (κ3) is 2.37. The highest BCUT2D eigenvalue weighted by molar-refractivity contribution is 5.93. The molecule has 1 aliphatic rings. The van der Waals surface area contributed by atoms with Gasteiger partial charge in [-0.2, -0.15) is 0 Å². The molecule has 0 radical (unpaired) electrons. The van der Waals surface area contributed by atoms with Gasteiger partial charge in [-0.05, 0) is 32.1 Å². The lowest BCUT2D eigenvalue weighted by Crippen LogP contribution is -2.31. The number of benzene rings is 1. The summed E-state index contributed by atoms with van der Waals surface area (Å²) in [5.41, 5.74) is 6.66. The van der Waals surface area contributed by atoms with Crippen molar-refractivity contribution in [1.82, 2.24) is 5.01 Å². The number of allylic oxidation sites excluding steroid dienone is 2. The normalized spacial score (nSPS) is 15.7. The summed E-state index contributed by atoms with van der Waals surface area (Å²) in [5, 5.41) is 2.03. The molecule has 1 aliphatic heterocycles. The Bertz CT molecular complexity index is 393. The highest BCUT2D eigenvalue weighted by Gasteiger charge is 2.08. The molecule has 0 spiro atoms. The smallest absolute Gasteiger partial charge is 0.129 e. The molecule has 0 unspecified atom stereocenters. The lowest BCUT2D eigenvalue weighted by molar-refractivity contribution is 0.421. The molecule has 0 amide bonds. The van der Waals surface area contributed by atoms with Gasteiger partial charge in [0.25, 0.3) is 0 Å². The van der Waals surface area contributed by atoms with Gasteiger partial charge in [0.2, 0.25) is 0 Å². The van der Waals surface area contributed by atoms with Crippen LogP contribution in [0.25, 0.3) is 0 Å². The summed E-state index contributed by atoms with van der Waals surface area (Å²) in [7, 11) is 0. The van der Waals surface area contributed by atoms with Crippen LogP contribution in [-0.2, 0) is 0 Å². The summed E-state index contributed by atoms with van der Waals surface area (Å²) in [6.45, 7) is 4.76. The molecular weight excluding hydrogens is 186 g/mol. The van der Waals surface area contributed by atoms with Crippen molar-refractivity contribution in [3.05, 3.63) is 42.1 Å². The molecular formula is C12H15N3. The second-order valence-electron chi connectivity index (χ2n) is 3.63. The Balaban J connectivity index is 2.06. The zero-order chi connectivity index (χ0) is 10.7. The van der Waals surface area contributed by atoms with E-state index in [0.29, 0.717) is 6.67 Å². The van der Waals surface area contributed by atoms with Crippen molar-refractivity contribution in [3.63, 3.8) is 0 Å². The number of aliphatic imine (C=N–C) groups is 1. The lowest BCUT2D eigenvalue weighted by atomic mass is 10.3. The van der Waals surface area contributed by atoms with E-state index in [9.17, 15) is 0 Å². The first-order valence-corrected chi connectivity index (χ1v) is 5.04. The van der Waals surface area contributed by atoms with Crippen molar-refractivity contribution in [3.8, 4) is 0 Å². The molecule has 1 aromatic carbocycles. The van der Waals surface area contributed by atoms with Crippen LogP contribution < -0.4 is 5.43 Å². The molecule has 15 heavy (non-hydrogen) atoms. The Morgan fingerprint density at radius 1 is 1.20 bits per heavy atom. The maximum atomic E-state index is 4.36. The quantitative estimate of drug-likeness (QED) is 0.796. The van der Waals surface area contributed by atoms with Crippen LogP contribution in [0.2, 0.25) is 0 Å². The van der Waals surface area contributed by atoms with Crippen molar-refractivity contribution >= 4 is 11.4 Å². The van der Waals surface area contributed by atoms with Crippen molar-refractivity contribution < 1.29 is 0 Å². The Morgan fingerprint density at radius 3 is 2.60 bits per heavy atom. The molecule has 0 saturated carbocycles. The predicted octanol–water partition coefficient (Wildman–Crippen LogP) is 2.65. The molecule has 1 N–H and O–H groups in total. The third-order valence-electron chi connectivity index (χ3n) is 2.34. The molecule has 3 nitrogen and oxygen atoms in total. The minimum absolute atomic E-state index is 0.670. The first kappa shape index (κ1) is 9.77. The fourth-order valence-corrected chi connectivity index (χ4v) is 1.51. The zero-order valence-electron chi connectivity index (χ0n) is 9.07. The van der Waals surface area contributed by atoms with Crippen LogP contribution in [0.1, 0.15) is 13.8 Å². The van der Waals surface area contributed by atoms with Gasteiger partial charge in [0, 0.05) is 11.4 Å². The predicted molar refractivity (Wildman–Crippen MR) is 63.6 cm³/mol. The fourth-order valence-electron chi connectivity index (χ4n) is 1.51. The standard InChI is InChI=1S/C12H15N3/c1-10-8-11(2)15(9-13-10)14-12-6-4-3-5-7-12/h3-8,14H,9H2,1-2H3. The summed E-state index contributed by atoms with van der Waals surface area (Å²) in [5.74, 6) is 0. The van der Waals surface area contributed by atoms with Gasteiger partial charge < -0.3 is 0 Å². The van der Waals surface area contributed by atoms with E-state index in [2.05, 4.69) is 23.4 Å². The second kappa shape index (κ2) is 4.17. The largest absolute Gasteiger partial charge is 0.297 e. The van der Waals surface area contributed by atoms with Gasteiger partial charge >= 0.3 is 0 Å². The lowest BCUT2D eigenvalue weighted by Gasteiger charge is -2.27. The summed E-state index contributed by atoms with van der Waals surface area (Å²) >= 11 is 0. The molecule has 0 aliphatic carbocycles. The minimum atomic E-state index is 0.670. The average molecular weight is 201 g/mol. The Labute approximate surface area is 90.1 Å². The first-order valence-electron chi connectivity index (χ1n) is 5.04. The van der Waals surface area contributed by atoms with Crippen LogP contribution in [0.5, 0.6) is 0 Å². The molecule has 0 bridgehead atoms. The molecule has 3 heteroatoms. The van der Waals surface area contributed by atoms with E-state index in [0.717, 1.165) is 11.4 Å². The number of para-hydroxylation sites is 1. The van der Waals surface area contributed by atoms with Crippen molar-refractivity contribution in [1.29, 1.82) is 0 Å². The monoisotopic (exact) mass is 201 g/mol. The van der Waals surface area contributed by atoms with Gasteiger partial charge in [-0.1, -0.05) is 18.2 Å². The molecule has 78 valence electrons. The van der Waals surface area contributed by atoms with Crippen LogP contribution in [-0.4, -0.2) is 17.4 Å². The van der Waals surface area contributed by atoms with Crippen molar-refractivity contribution in [2.24, 2.45) is 4.99 Å². The average Bonchev–Trinajstić information content (AvgIpc) is 2.24. The third-order valence-corrected chi connectivity index (χ3v) is 2.34. The summed E-state index contributed by atoms with van der Waals surface area (Å²) in [4.78, 5) is 4.36. The topological polar surface area (TPSA) is 27.6 Å². The first-order chi connectivity index (χ1) is 7.25. The van der Waals surface area contributed by atoms with Crippen LogP contribution in [0.15, 0.2) is 47.1 Å². The summed E-state index contributed by atoms with van der Waals surface area (Å²) in [6, 6.07) is 10.1. The Morgan fingerprint density at radius 2 is 1.93 bits per heavy atom. The van der Waals surface area contributed by atoms with Gasteiger partial charge in [-0.15, -0.1) is 0 Å². The number of hydrogen-bond acceptors (Lipinski definition) is 3. The Kier molecular flexibility index (Phi) is 2.72. The highest BCUT2D eigenvalue weighted by Crippen LogP contribution is 2.13. The van der Waals surface area contributed by atoms with Gasteiger partial charge in [0.15, 0.2) is 0 Å². The van der Waals surface area contributed by atoms with Crippen LogP contribution in [0, 0.1) is 0 Å².